The molecule has 0 aliphatic rings. The Kier molecular flexibility index (Phi) is 7.67. The molecule has 27 heavy (non-hydrogen) atoms. The van der Waals surface area contributed by atoms with Crippen LogP contribution < -0.4 is 15.4 Å². The zero-order valence-corrected chi connectivity index (χ0v) is 16.8. The fourth-order valence-electron chi connectivity index (χ4n) is 2.48. The van der Waals surface area contributed by atoms with Gasteiger partial charge in [0.05, 0.1) is 18.0 Å². The number of aliphatic imine (C=N–C) groups is 1. The van der Waals surface area contributed by atoms with Gasteiger partial charge in [-0.05, 0) is 37.6 Å². The van der Waals surface area contributed by atoms with Crippen LogP contribution in [0.4, 0.5) is 0 Å². The molecule has 0 fully saturated rings. The molecule has 0 amide bonds. The van der Waals surface area contributed by atoms with Gasteiger partial charge in [-0.15, -0.1) is 0 Å². The molecule has 146 valence electrons. The van der Waals surface area contributed by atoms with Crippen LogP contribution >= 0.6 is 0 Å². The van der Waals surface area contributed by atoms with Crippen LogP contribution in [-0.2, 0) is 22.9 Å². The monoisotopic (exact) mass is 389 g/mol. The molecule has 7 heteroatoms. The van der Waals surface area contributed by atoms with Crippen LogP contribution in [0.2, 0.25) is 0 Å². The molecule has 0 aliphatic heterocycles. The number of hydrogen-bond acceptors (Lipinski definition) is 4. The van der Waals surface area contributed by atoms with Crippen LogP contribution in [-0.4, -0.2) is 33.8 Å². The maximum atomic E-state index is 11.5. The molecule has 0 aliphatic carbocycles. The molecule has 0 bridgehead atoms. The van der Waals surface area contributed by atoms with Crippen LogP contribution in [0.5, 0.6) is 5.75 Å². The first-order valence-electron chi connectivity index (χ1n) is 8.96. The maximum absolute atomic E-state index is 11.5. The number of guanidine groups is 1. The Labute approximate surface area is 161 Å². The van der Waals surface area contributed by atoms with Crippen molar-refractivity contribution in [3.05, 3.63) is 59.7 Å². The van der Waals surface area contributed by atoms with Gasteiger partial charge in [0.25, 0.3) is 0 Å². The lowest BCUT2D eigenvalue weighted by molar-refractivity contribution is 0.336. The minimum atomic E-state index is -3.18. The second kappa shape index (κ2) is 9.97. The first-order chi connectivity index (χ1) is 12.9. The number of rotatable bonds is 8. The minimum absolute atomic E-state index is 0.313. The Bertz CT molecular complexity index is 862. The van der Waals surface area contributed by atoms with Crippen LogP contribution in [0.3, 0.4) is 0 Å². The molecular weight excluding hydrogens is 362 g/mol. The molecule has 0 atom stereocenters. The molecule has 2 aromatic carbocycles. The number of nitrogens with zero attached hydrogens (tertiary/aromatic N) is 1. The largest absolute Gasteiger partial charge is 0.494 e. The van der Waals surface area contributed by atoms with E-state index in [9.17, 15) is 8.42 Å². The van der Waals surface area contributed by atoms with Crippen molar-refractivity contribution in [3.8, 4) is 5.75 Å². The number of ether oxygens (including phenoxy) is 1. The molecule has 0 aromatic heterocycles. The lowest BCUT2D eigenvalue weighted by atomic mass is 10.2. The van der Waals surface area contributed by atoms with E-state index in [1.807, 2.05) is 38.1 Å². The van der Waals surface area contributed by atoms with Gasteiger partial charge in [-0.25, -0.2) is 13.4 Å². The lowest BCUT2D eigenvalue weighted by Crippen LogP contribution is -2.36. The Hall–Kier alpha value is -2.54. The van der Waals surface area contributed by atoms with Gasteiger partial charge >= 0.3 is 0 Å². The molecule has 0 spiro atoms. The number of sulfone groups is 1. The van der Waals surface area contributed by atoms with E-state index >= 15 is 0 Å². The van der Waals surface area contributed by atoms with E-state index in [0.29, 0.717) is 30.6 Å². The predicted molar refractivity (Wildman–Crippen MR) is 109 cm³/mol. The van der Waals surface area contributed by atoms with Crippen molar-refractivity contribution in [3.63, 3.8) is 0 Å². The topological polar surface area (TPSA) is 79.8 Å². The smallest absolute Gasteiger partial charge is 0.191 e. The molecule has 2 aromatic rings. The van der Waals surface area contributed by atoms with Crippen molar-refractivity contribution < 1.29 is 13.2 Å². The summed E-state index contributed by atoms with van der Waals surface area (Å²) in [6, 6.07) is 14.7. The zero-order valence-electron chi connectivity index (χ0n) is 16.0. The van der Waals surface area contributed by atoms with E-state index in [-0.39, 0.29) is 0 Å². The number of para-hydroxylation sites is 1. The Balaban J connectivity index is 2.04. The fraction of sp³-hybridized carbons (Fsp3) is 0.350. The third kappa shape index (κ3) is 6.60. The SMILES string of the molecule is CCNC(=NCc1ccc(S(C)(=O)=O)cc1)NCc1ccccc1OCC. The number of nitrogens with one attached hydrogen (secondary N) is 2. The van der Waals surface area contributed by atoms with E-state index < -0.39 is 9.84 Å². The van der Waals surface area contributed by atoms with Gasteiger partial charge in [-0.3, -0.25) is 0 Å². The van der Waals surface area contributed by atoms with Gasteiger partial charge in [0.2, 0.25) is 0 Å². The first kappa shape index (κ1) is 20.8. The van der Waals surface area contributed by atoms with Crippen molar-refractivity contribution in [2.24, 2.45) is 4.99 Å². The molecule has 0 saturated carbocycles. The average molecular weight is 390 g/mol. The van der Waals surface area contributed by atoms with E-state index in [2.05, 4.69) is 15.6 Å². The summed E-state index contributed by atoms with van der Waals surface area (Å²) in [7, 11) is -3.18. The Morgan fingerprint density at radius 1 is 1.04 bits per heavy atom. The molecular formula is C20H27N3O3S. The molecule has 2 rings (SSSR count). The lowest BCUT2D eigenvalue weighted by Gasteiger charge is -2.14. The van der Waals surface area contributed by atoms with Gasteiger partial charge < -0.3 is 15.4 Å². The van der Waals surface area contributed by atoms with Crippen LogP contribution in [0.1, 0.15) is 25.0 Å². The average Bonchev–Trinajstić information content (AvgIpc) is 2.65. The molecule has 0 heterocycles. The highest BCUT2D eigenvalue weighted by atomic mass is 32.2. The highest BCUT2D eigenvalue weighted by Crippen LogP contribution is 2.17. The number of hydrogen-bond donors (Lipinski definition) is 2. The van der Waals surface area contributed by atoms with Crippen molar-refractivity contribution in [1.82, 2.24) is 10.6 Å². The summed E-state index contributed by atoms with van der Waals surface area (Å²) < 4.78 is 28.7. The standard InChI is InChI=1S/C20H27N3O3S/c1-4-21-20(23-15-17-8-6-7-9-19(17)26-5-2)22-14-16-10-12-18(13-11-16)27(3,24)25/h6-13H,4-5,14-15H2,1-3H3,(H2,21,22,23). The van der Waals surface area contributed by atoms with Crippen LogP contribution in [0.25, 0.3) is 0 Å². The van der Waals surface area contributed by atoms with E-state index in [1.54, 1.807) is 24.3 Å². The van der Waals surface area contributed by atoms with Crippen molar-refractivity contribution in [2.75, 3.05) is 19.4 Å². The minimum Gasteiger partial charge on any atom is -0.494 e. The third-order valence-electron chi connectivity index (χ3n) is 3.83. The quantitative estimate of drug-likeness (QED) is 0.536. The highest BCUT2D eigenvalue weighted by molar-refractivity contribution is 7.90. The summed E-state index contributed by atoms with van der Waals surface area (Å²) in [6.07, 6.45) is 1.20. The summed E-state index contributed by atoms with van der Waals surface area (Å²) in [5, 5.41) is 6.52. The molecule has 6 nitrogen and oxygen atoms in total. The second-order valence-electron chi connectivity index (χ2n) is 6.01. The van der Waals surface area contributed by atoms with E-state index in [0.717, 1.165) is 23.4 Å². The first-order valence-corrected chi connectivity index (χ1v) is 10.8. The van der Waals surface area contributed by atoms with Crippen LogP contribution in [0.15, 0.2) is 58.4 Å². The molecule has 0 radical (unpaired) electrons. The van der Waals surface area contributed by atoms with Gasteiger partial charge in [0.1, 0.15) is 5.75 Å². The van der Waals surface area contributed by atoms with Crippen LogP contribution in [0, 0.1) is 0 Å². The van der Waals surface area contributed by atoms with E-state index in [1.165, 1.54) is 6.26 Å². The van der Waals surface area contributed by atoms with Crippen molar-refractivity contribution in [2.45, 2.75) is 31.8 Å². The molecule has 0 saturated heterocycles. The van der Waals surface area contributed by atoms with Gasteiger partial charge in [0.15, 0.2) is 15.8 Å². The predicted octanol–water partition coefficient (Wildman–Crippen LogP) is 2.74. The highest BCUT2D eigenvalue weighted by Gasteiger charge is 2.07. The number of benzene rings is 2. The Morgan fingerprint density at radius 3 is 2.37 bits per heavy atom. The van der Waals surface area contributed by atoms with Crippen molar-refractivity contribution >= 4 is 15.8 Å². The van der Waals surface area contributed by atoms with Gasteiger partial charge in [-0.2, -0.15) is 0 Å². The maximum Gasteiger partial charge on any atom is 0.191 e. The summed E-state index contributed by atoms with van der Waals surface area (Å²) in [5.41, 5.74) is 2.00. The van der Waals surface area contributed by atoms with Gasteiger partial charge in [0, 0.05) is 24.9 Å². The normalized spacial score (nSPS) is 11.9. The van der Waals surface area contributed by atoms with E-state index in [4.69, 9.17) is 4.74 Å². The summed E-state index contributed by atoms with van der Waals surface area (Å²) >= 11 is 0. The summed E-state index contributed by atoms with van der Waals surface area (Å²) in [4.78, 5) is 4.88. The van der Waals surface area contributed by atoms with Gasteiger partial charge in [-0.1, -0.05) is 30.3 Å². The second-order valence-corrected chi connectivity index (χ2v) is 8.02. The summed E-state index contributed by atoms with van der Waals surface area (Å²) in [6.45, 7) is 6.37. The third-order valence-corrected chi connectivity index (χ3v) is 4.96. The molecule has 2 N–H and O–H groups in total. The summed E-state index contributed by atoms with van der Waals surface area (Å²) in [5.74, 6) is 1.55. The fourth-order valence-corrected chi connectivity index (χ4v) is 3.11. The van der Waals surface area contributed by atoms with Crippen molar-refractivity contribution in [1.29, 1.82) is 0 Å². The molecule has 0 unspecified atom stereocenters. The zero-order chi connectivity index (χ0) is 19.7. The Morgan fingerprint density at radius 2 is 1.74 bits per heavy atom.